The lowest BCUT2D eigenvalue weighted by Crippen LogP contribution is -2.30. The molecule has 0 spiro atoms. The molecule has 1 aliphatic heterocycles. The fourth-order valence-electron chi connectivity index (χ4n) is 4.30. The molecule has 2 aromatic heterocycles. The van der Waals surface area contributed by atoms with E-state index < -0.39 is 6.10 Å². The molecule has 4 unspecified atom stereocenters. The standard InChI is InChI=1S/C23H32N4O3S/c1-2-19-11-16(14-27-10-8-17-5-3-4-6-20(17)27)12-21(30-19)23-25-22(31-26-23)13-24-9-7-18(29)15-28/h3-6,8,10,16,18-19,21,24,28-29H,2,7,9,11-15H2,1H3. The first-order chi connectivity index (χ1) is 15.2. The number of rotatable bonds is 10. The van der Waals surface area contributed by atoms with Crippen LogP contribution in [-0.4, -0.2) is 49.5 Å². The van der Waals surface area contributed by atoms with Gasteiger partial charge in [0.15, 0.2) is 5.82 Å². The lowest BCUT2D eigenvalue weighted by Gasteiger charge is -2.34. The summed E-state index contributed by atoms with van der Waals surface area (Å²) in [6.45, 7) is 4.19. The summed E-state index contributed by atoms with van der Waals surface area (Å²) in [6.07, 6.45) is 5.18. The normalized spacial score (nSPS) is 22.7. The van der Waals surface area contributed by atoms with E-state index in [1.54, 1.807) is 0 Å². The molecular formula is C23H32N4O3S. The Kier molecular flexibility index (Phi) is 7.68. The van der Waals surface area contributed by atoms with Gasteiger partial charge in [-0.3, -0.25) is 0 Å². The van der Waals surface area contributed by atoms with Crippen LogP contribution >= 0.6 is 11.5 Å². The summed E-state index contributed by atoms with van der Waals surface area (Å²) in [5.41, 5.74) is 1.28. The van der Waals surface area contributed by atoms with E-state index in [1.807, 2.05) is 0 Å². The molecule has 0 aliphatic carbocycles. The van der Waals surface area contributed by atoms with E-state index in [2.05, 4.69) is 57.7 Å². The zero-order valence-corrected chi connectivity index (χ0v) is 18.8. The van der Waals surface area contributed by atoms with Gasteiger partial charge in [0, 0.05) is 24.8 Å². The number of fused-ring (bicyclic) bond motifs is 1. The minimum absolute atomic E-state index is 0.0632. The van der Waals surface area contributed by atoms with Gasteiger partial charge >= 0.3 is 0 Å². The predicted molar refractivity (Wildman–Crippen MR) is 122 cm³/mol. The van der Waals surface area contributed by atoms with Crippen molar-refractivity contribution < 1.29 is 14.9 Å². The van der Waals surface area contributed by atoms with Gasteiger partial charge in [0.2, 0.25) is 0 Å². The number of aromatic nitrogens is 3. The molecule has 1 aromatic carbocycles. The lowest BCUT2D eigenvalue weighted by atomic mass is 9.90. The summed E-state index contributed by atoms with van der Waals surface area (Å²) >= 11 is 1.40. The largest absolute Gasteiger partial charge is 0.394 e. The molecule has 1 saturated heterocycles. The zero-order chi connectivity index (χ0) is 21.6. The number of ether oxygens (including phenoxy) is 1. The molecule has 168 valence electrons. The minimum Gasteiger partial charge on any atom is -0.394 e. The van der Waals surface area contributed by atoms with Gasteiger partial charge in [-0.1, -0.05) is 25.1 Å². The Hall–Kier alpha value is -1.84. The molecule has 0 amide bonds. The summed E-state index contributed by atoms with van der Waals surface area (Å²) in [7, 11) is 0. The Morgan fingerprint density at radius 2 is 2.16 bits per heavy atom. The second-order valence-electron chi connectivity index (χ2n) is 8.37. The smallest absolute Gasteiger partial charge is 0.171 e. The van der Waals surface area contributed by atoms with E-state index in [1.165, 1.54) is 22.4 Å². The third-order valence-electron chi connectivity index (χ3n) is 6.00. The first-order valence-electron chi connectivity index (χ1n) is 11.2. The van der Waals surface area contributed by atoms with Crippen molar-refractivity contribution in [2.45, 2.75) is 64.0 Å². The highest BCUT2D eigenvalue weighted by molar-refractivity contribution is 7.05. The minimum atomic E-state index is -0.673. The molecule has 31 heavy (non-hydrogen) atoms. The van der Waals surface area contributed by atoms with E-state index >= 15 is 0 Å². The summed E-state index contributed by atoms with van der Waals surface area (Å²) < 4.78 is 13.3. The zero-order valence-electron chi connectivity index (χ0n) is 18.0. The van der Waals surface area contributed by atoms with E-state index in [0.717, 1.165) is 36.6 Å². The van der Waals surface area contributed by atoms with Gasteiger partial charge in [0.25, 0.3) is 0 Å². The van der Waals surface area contributed by atoms with E-state index in [-0.39, 0.29) is 18.8 Å². The molecule has 1 fully saturated rings. The van der Waals surface area contributed by atoms with Gasteiger partial charge in [-0.25, -0.2) is 4.98 Å². The number of aliphatic hydroxyl groups excluding tert-OH is 2. The van der Waals surface area contributed by atoms with E-state index in [9.17, 15) is 5.11 Å². The summed E-state index contributed by atoms with van der Waals surface area (Å²) in [4.78, 5) is 4.72. The van der Waals surface area contributed by atoms with Gasteiger partial charge in [-0.15, -0.1) is 0 Å². The summed E-state index contributed by atoms with van der Waals surface area (Å²) in [6, 6.07) is 10.7. The van der Waals surface area contributed by atoms with Crippen molar-refractivity contribution in [2.75, 3.05) is 13.2 Å². The third kappa shape index (κ3) is 5.70. The van der Waals surface area contributed by atoms with Crippen molar-refractivity contribution in [1.29, 1.82) is 0 Å². The van der Waals surface area contributed by atoms with Crippen LogP contribution in [0, 0.1) is 5.92 Å². The van der Waals surface area contributed by atoms with Gasteiger partial charge in [-0.2, -0.15) is 4.37 Å². The number of hydrogen-bond donors (Lipinski definition) is 3. The highest BCUT2D eigenvalue weighted by atomic mass is 32.1. The average molecular weight is 445 g/mol. The molecule has 4 atom stereocenters. The number of nitrogens with zero attached hydrogens (tertiary/aromatic N) is 3. The third-order valence-corrected chi connectivity index (χ3v) is 6.73. The van der Waals surface area contributed by atoms with Gasteiger partial charge in [0.1, 0.15) is 11.1 Å². The van der Waals surface area contributed by atoms with Crippen LogP contribution in [0.15, 0.2) is 36.5 Å². The van der Waals surface area contributed by atoms with Crippen LogP contribution in [0.3, 0.4) is 0 Å². The molecule has 0 saturated carbocycles. The molecule has 1 aliphatic rings. The van der Waals surface area contributed by atoms with Crippen molar-refractivity contribution in [3.8, 4) is 0 Å². The Morgan fingerprint density at radius 1 is 1.29 bits per heavy atom. The second kappa shape index (κ2) is 10.7. The van der Waals surface area contributed by atoms with Crippen LogP contribution in [0.2, 0.25) is 0 Å². The first kappa shape index (κ1) is 22.4. The number of benzene rings is 1. The Balaban J connectivity index is 1.37. The number of nitrogens with one attached hydrogen (secondary N) is 1. The van der Waals surface area contributed by atoms with E-state index in [4.69, 9.17) is 14.8 Å². The number of aliphatic hydroxyl groups is 2. The average Bonchev–Trinajstić information content (AvgIpc) is 3.44. The van der Waals surface area contributed by atoms with Crippen molar-refractivity contribution in [2.24, 2.45) is 5.92 Å². The fourth-order valence-corrected chi connectivity index (χ4v) is 4.95. The second-order valence-corrected chi connectivity index (χ2v) is 9.20. The summed E-state index contributed by atoms with van der Waals surface area (Å²) in [5.74, 6) is 1.31. The maximum absolute atomic E-state index is 9.42. The highest BCUT2D eigenvalue weighted by Crippen LogP contribution is 2.36. The van der Waals surface area contributed by atoms with Gasteiger partial charge in [0.05, 0.1) is 18.8 Å². The fraction of sp³-hybridized carbons (Fsp3) is 0.565. The molecule has 3 heterocycles. The van der Waals surface area contributed by atoms with Crippen molar-refractivity contribution in [1.82, 2.24) is 19.2 Å². The van der Waals surface area contributed by atoms with Gasteiger partial charge in [-0.05, 0) is 67.2 Å². The van der Waals surface area contributed by atoms with Crippen LogP contribution in [0.4, 0.5) is 0 Å². The van der Waals surface area contributed by atoms with Crippen molar-refractivity contribution in [3.63, 3.8) is 0 Å². The van der Waals surface area contributed by atoms with Crippen LogP contribution < -0.4 is 5.32 Å². The first-order valence-corrected chi connectivity index (χ1v) is 11.9. The Morgan fingerprint density at radius 3 is 3.00 bits per heavy atom. The van der Waals surface area contributed by atoms with Crippen LogP contribution in [0.5, 0.6) is 0 Å². The molecular weight excluding hydrogens is 412 g/mol. The maximum atomic E-state index is 9.42. The Labute approximate surface area is 187 Å². The maximum Gasteiger partial charge on any atom is 0.171 e. The number of para-hydroxylation sites is 1. The quantitative estimate of drug-likeness (QED) is 0.416. The highest BCUT2D eigenvalue weighted by Gasteiger charge is 2.32. The SMILES string of the molecule is CCC1CC(Cn2ccc3ccccc32)CC(c2nsc(CNCCC(O)CO)n2)O1. The van der Waals surface area contributed by atoms with E-state index in [0.29, 0.717) is 25.4 Å². The monoisotopic (exact) mass is 444 g/mol. The molecule has 4 rings (SSSR count). The molecule has 0 radical (unpaired) electrons. The molecule has 3 N–H and O–H groups in total. The predicted octanol–water partition coefficient (Wildman–Crippen LogP) is 3.27. The summed E-state index contributed by atoms with van der Waals surface area (Å²) in [5, 5.41) is 23.8. The molecule has 3 aromatic rings. The lowest BCUT2D eigenvalue weighted by molar-refractivity contribution is -0.0799. The van der Waals surface area contributed by atoms with Crippen LogP contribution in [-0.2, 0) is 17.8 Å². The van der Waals surface area contributed by atoms with Gasteiger partial charge < -0.3 is 24.8 Å². The van der Waals surface area contributed by atoms with Crippen molar-refractivity contribution >= 4 is 22.4 Å². The van der Waals surface area contributed by atoms with Crippen molar-refractivity contribution in [3.05, 3.63) is 47.4 Å². The molecule has 8 heteroatoms. The van der Waals surface area contributed by atoms with Crippen LogP contribution in [0.1, 0.15) is 49.5 Å². The topological polar surface area (TPSA) is 92.4 Å². The van der Waals surface area contributed by atoms with Crippen LogP contribution in [0.25, 0.3) is 10.9 Å². The molecule has 0 bridgehead atoms. The number of hydrogen-bond acceptors (Lipinski definition) is 7. The molecule has 7 nitrogen and oxygen atoms in total. The Bertz CT molecular complexity index is 959.